The van der Waals surface area contributed by atoms with Crippen LogP contribution >= 0.6 is 11.8 Å². The van der Waals surface area contributed by atoms with Gasteiger partial charge in [-0.3, -0.25) is 9.59 Å². The normalized spacial score (nSPS) is 22.8. The van der Waals surface area contributed by atoms with Gasteiger partial charge in [0.1, 0.15) is 5.92 Å². The fraction of sp³-hybridized carbons (Fsp3) is 0.818. The summed E-state index contributed by atoms with van der Waals surface area (Å²) < 4.78 is 0. The molecule has 2 atom stereocenters. The first-order valence-electron chi connectivity index (χ1n) is 5.43. The van der Waals surface area contributed by atoms with Crippen LogP contribution in [0.25, 0.3) is 0 Å². The van der Waals surface area contributed by atoms with Gasteiger partial charge >= 0.3 is 5.97 Å². The summed E-state index contributed by atoms with van der Waals surface area (Å²) in [5.74, 6) is -0.443. The maximum atomic E-state index is 11.9. The van der Waals surface area contributed by atoms with Crippen LogP contribution < -0.4 is 5.32 Å². The van der Waals surface area contributed by atoms with Crippen LogP contribution in [0.5, 0.6) is 0 Å². The van der Waals surface area contributed by atoms with Gasteiger partial charge in [-0.1, -0.05) is 20.8 Å². The Hall–Kier alpha value is -0.710. The first-order valence-corrected chi connectivity index (χ1v) is 6.59. The molecule has 0 saturated carbocycles. The number of amides is 1. The monoisotopic (exact) mass is 245 g/mol. The van der Waals surface area contributed by atoms with Gasteiger partial charge in [0.25, 0.3) is 0 Å². The third kappa shape index (κ3) is 3.40. The molecule has 2 N–H and O–H groups in total. The summed E-state index contributed by atoms with van der Waals surface area (Å²) in [5, 5.41) is 11.9. The number of rotatable bonds is 3. The molecule has 0 aromatic heterocycles. The van der Waals surface area contributed by atoms with Gasteiger partial charge in [-0.15, -0.1) is 0 Å². The smallest absolute Gasteiger partial charge is 0.316 e. The Morgan fingerprint density at radius 1 is 1.44 bits per heavy atom. The standard InChI is InChI=1S/C11H19NO3S/c1-11(2,3)8(10(14)15)9(13)12-7-4-5-16-6-7/h7-8H,4-6H2,1-3H3,(H,12,13)(H,14,15). The molecule has 4 nitrogen and oxygen atoms in total. The Labute approximate surface area is 100 Å². The molecule has 1 fully saturated rings. The van der Waals surface area contributed by atoms with Gasteiger partial charge in [-0.05, 0) is 17.6 Å². The lowest BCUT2D eigenvalue weighted by atomic mass is 9.80. The lowest BCUT2D eigenvalue weighted by molar-refractivity contribution is -0.151. The molecule has 0 aromatic rings. The Balaban J connectivity index is 2.64. The van der Waals surface area contributed by atoms with E-state index in [1.54, 1.807) is 32.5 Å². The van der Waals surface area contributed by atoms with E-state index in [0.29, 0.717) is 0 Å². The number of carbonyl (C=O) groups is 2. The van der Waals surface area contributed by atoms with Gasteiger partial charge in [-0.2, -0.15) is 11.8 Å². The number of hydrogen-bond donors (Lipinski definition) is 2. The van der Waals surface area contributed by atoms with Crippen LogP contribution in [0.4, 0.5) is 0 Å². The van der Waals surface area contributed by atoms with E-state index in [4.69, 9.17) is 5.11 Å². The van der Waals surface area contributed by atoms with Crippen molar-refractivity contribution >= 4 is 23.6 Å². The first-order chi connectivity index (χ1) is 7.32. The quantitative estimate of drug-likeness (QED) is 0.737. The minimum atomic E-state index is -1.05. The number of aliphatic carboxylic acids is 1. The van der Waals surface area contributed by atoms with Crippen molar-refractivity contribution in [1.29, 1.82) is 0 Å². The summed E-state index contributed by atoms with van der Waals surface area (Å²) in [5.41, 5.74) is -0.554. The number of carboxylic acids is 1. The molecule has 2 unspecified atom stereocenters. The van der Waals surface area contributed by atoms with E-state index in [0.717, 1.165) is 17.9 Å². The van der Waals surface area contributed by atoms with Crippen molar-refractivity contribution in [3.63, 3.8) is 0 Å². The summed E-state index contributed by atoms with van der Waals surface area (Å²) in [6.45, 7) is 5.32. The molecule has 92 valence electrons. The maximum absolute atomic E-state index is 11.9. The third-order valence-corrected chi connectivity index (χ3v) is 3.81. The van der Waals surface area contributed by atoms with Gasteiger partial charge in [0.2, 0.25) is 5.91 Å². The second-order valence-electron chi connectivity index (χ2n) is 5.21. The largest absolute Gasteiger partial charge is 0.481 e. The summed E-state index contributed by atoms with van der Waals surface area (Å²) >= 11 is 1.79. The number of nitrogens with one attached hydrogen (secondary N) is 1. The van der Waals surface area contributed by atoms with Gasteiger partial charge in [-0.25, -0.2) is 0 Å². The van der Waals surface area contributed by atoms with Crippen LogP contribution in [0.2, 0.25) is 0 Å². The van der Waals surface area contributed by atoms with Crippen LogP contribution in [-0.2, 0) is 9.59 Å². The van der Waals surface area contributed by atoms with Gasteiger partial charge in [0.15, 0.2) is 0 Å². The highest BCUT2D eigenvalue weighted by molar-refractivity contribution is 7.99. The van der Waals surface area contributed by atoms with Crippen LogP contribution in [0.15, 0.2) is 0 Å². The van der Waals surface area contributed by atoms with E-state index in [1.807, 2.05) is 0 Å². The molecule has 1 saturated heterocycles. The molecule has 1 heterocycles. The highest BCUT2D eigenvalue weighted by Gasteiger charge is 2.38. The number of carboxylic acid groups (broad SMARTS) is 1. The van der Waals surface area contributed by atoms with Crippen LogP contribution in [-0.4, -0.2) is 34.5 Å². The highest BCUT2D eigenvalue weighted by atomic mass is 32.2. The zero-order valence-corrected chi connectivity index (χ0v) is 10.8. The molecule has 1 rings (SSSR count). The third-order valence-electron chi connectivity index (χ3n) is 2.65. The first kappa shape index (κ1) is 13.4. The Kier molecular flexibility index (Phi) is 4.24. The average molecular weight is 245 g/mol. The van der Waals surface area contributed by atoms with E-state index in [2.05, 4.69) is 5.32 Å². The van der Waals surface area contributed by atoms with Crippen LogP contribution in [0, 0.1) is 11.3 Å². The molecule has 0 radical (unpaired) electrons. The minimum absolute atomic E-state index is 0.140. The summed E-state index contributed by atoms with van der Waals surface area (Å²) in [6.07, 6.45) is 0.937. The molecule has 1 aliphatic heterocycles. The second-order valence-corrected chi connectivity index (χ2v) is 6.36. The lowest BCUT2D eigenvalue weighted by Crippen LogP contribution is -2.46. The van der Waals surface area contributed by atoms with Crippen molar-refractivity contribution in [3.05, 3.63) is 0 Å². The van der Waals surface area contributed by atoms with Crippen molar-refractivity contribution in [2.75, 3.05) is 11.5 Å². The minimum Gasteiger partial charge on any atom is -0.481 e. The van der Waals surface area contributed by atoms with E-state index >= 15 is 0 Å². The summed E-state index contributed by atoms with van der Waals surface area (Å²) in [4.78, 5) is 23.0. The molecule has 16 heavy (non-hydrogen) atoms. The van der Waals surface area contributed by atoms with Crippen molar-refractivity contribution < 1.29 is 14.7 Å². The molecular weight excluding hydrogens is 226 g/mol. The van der Waals surface area contributed by atoms with Crippen molar-refractivity contribution in [1.82, 2.24) is 5.32 Å². The number of thioether (sulfide) groups is 1. The number of hydrogen-bond acceptors (Lipinski definition) is 3. The average Bonchev–Trinajstić information content (AvgIpc) is 2.52. The topological polar surface area (TPSA) is 66.4 Å². The maximum Gasteiger partial charge on any atom is 0.316 e. The molecule has 1 amide bonds. The van der Waals surface area contributed by atoms with Crippen molar-refractivity contribution in [3.8, 4) is 0 Å². The molecule has 0 aromatic carbocycles. The Morgan fingerprint density at radius 2 is 2.06 bits per heavy atom. The van der Waals surface area contributed by atoms with Gasteiger partial charge in [0.05, 0.1) is 0 Å². The molecule has 0 spiro atoms. The van der Waals surface area contributed by atoms with Crippen molar-refractivity contribution in [2.24, 2.45) is 11.3 Å². The van der Waals surface area contributed by atoms with Crippen LogP contribution in [0.1, 0.15) is 27.2 Å². The highest BCUT2D eigenvalue weighted by Crippen LogP contribution is 2.27. The summed E-state index contributed by atoms with van der Waals surface area (Å²) in [6, 6.07) is 0.140. The molecule has 1 aliphatic rings. The predicted molar refractivity (Wildman–Crippen MR) is 64.5 cm³/mol. The Morgan fingerprint density at radius 3 is 2.44 bits per heavy atom. The van der Waals surface area contributed by atoms with Gasteiger partial charge < -0.3 is 10.4 Å². The molecule has 0 aliphatic carbocycles. The summed E-state index contributed by atoms with van der Waals surface area (Å²) in [7, 11) is 0. The predicted octanol–water partition coefficient (Wildman–Crippen LogP) is 1.35. The van der Waals surface area contributed by atoms with Gasteiger partial charge in [0, 0.05) is 11.8 Å². The molecule has 5 heteroatoms. The van der Waals surface area contributed by atoms with E-state index in [-0.39, 0.29) is 11.9 Å². The van der Waals surface area contributed by atoms with Crippen molar-refractivity contribution in [2.45, 2.75) is 33.2 Å². The second kappa shape index (κ2) is 5.08. The zero-order chi connectivity index (χ0) is 12.3. The fourth-order valence-electron chi connectivity index (χ4n) is 1.81. The van der Waals surface area contributed by atoms with E-state index < -0.39 is 17.3 Å². The lowest BCUT2D eigenvalue weighted by Gasteiger charge is -2.27. The Bertz CT molecular complexity index is 279. The fourth-order valence-corrected chi connectivity index (χ4v) is 2.96. The zero-order valence-electron chi connectivity index (χ0n) is 9.95. The SMILES string of the molecule is CC(C)(C)C(C(=O)O)C(=O)NC1CCSC1. The van der Waals surface area contributed by atoms with E-state index in [1.165, 1.54) is 0 Å². The molecular formula is C11H19NO3S. The van der Waals surface area contributed by atoms with Crippen LogP contribution in [0.3, 0.4) is 0 Å². The number of carbonyl (C=O) groups excluding carboxylic acids is 1. The molecule has 0 bridgehead atoms. The van der Waals surface area contributed by atoms with E-state index in [9.17, 15) is 9.59 Å².